The van der Waals surface area contributed by atoms with Crippen molar-refractivity contribution in [3.63, 3.8) is 0 Å². The Labute approximate surface area is 123 Å². The molecule has 4 unspecified atom stereocenters. The highest BCUT2D eigenvalue weighted by Gasteiger charge is 2.29. The maximum absolute atomic E-state index is 2.51. The van der Waals surface area contributed by atoms with E-state index in [4.69, 9.17) is 0 Å². The summed E-state index contributed by atoms with van der Waals surface area (Å²) in [5, 5.41) is 0. The highest BCUT2D eigenvalue weighted by Crippen LogP contribution is 2.37. The summed E-state index contributed by atoms with van der Waals surface area (Å²) >= 11 is 0. The molecule has 0 aliphatic heterocycles. The summed E-state index contributed by atoms with van der Waals surface area (Å²) in [5.74, 6) is 5.16. The fourth-order valence-electron chi connectivity index (χ4n) is 3.44. The SMILES string of the molecule is CCCCCC(C)C(CC(C)C)C(C)C(C)C(C)C. The van der Waals surface area contributed by atoms with Gasteiger partial charge in [0.15, 0.2) is 0 Å². The molecule has 116 valence electrons. The molecule has 4 atom stereocenters. The van der Waals surface area contributed by atoms with E-state index in [0.29, 0.717) is 0 Å². The first-order valence-corrected chi connectivity index (χ1v) is 8.81. The second-order valence-electron chi connectivity index (χ2n) is 7.73. The third-order valence-corrected chi connectivity index (χ3v) is 5.29. The standard InChI is InChI=1S/C19H40/c1-9-10-11-12-16(6)19(13-14(2)3)18(8)17(7)15(4)5/h14-19H,9-13H2,1-8H3. The average molecular weight is 269 g/mol. The van der Waals surface area contributed by atoms with E-state index in [0.717, 1.165) is 35.5 Å². The lowest BCUT2D eigenvalue weighted by Crippen LogP contribution is -2.28. The fraction of sp³-hybridized carbons (Fsp3) is 1.00. The molecule has 0 heteroatoms. The summed E-state index contributed by atoms with van der Waals surface area (Å²) in [6, 6.07) is 0. The second-order valence-corrected chi connectivity index (χ2v) is 7.73. The Morgan fingerprint density at radius 3 is 1.74 bits per heavy atom. The fourth-order valence-corrected chi connectivity index (χ4v) is 3.44. The quantitative estimate of drug-likeness (QED) is 0.382. The lowest BCUT2D eigenvalue weighted by atomic mass is 9.69. The second kappa shape index (κ2) is 9.83. The largest absolute Gasteiger partial charge is 0.0654 e. The van der Waals surface area contributed by atoms with Gasteiger partial charge in [-0.25, -0.2) is 0 Å². The van der Waals surface area contributed by atoms with Gasteiger partial charge in [-0.3, -0.25) is 0 Å². The topological polar surface area (TPSA) is 0 Å². The predicted octanol–water partition coefficient (Wildman–Crippen LogP) is 6.79. The van der Waals surface area contributed by atoms with Gasteiger partial charge in [-0.15, -0.1) is 0 Å². The summed E-state index contributed by atoms with van der Waals surface area (Å²) in [5.41, 5.74) is 0. The molecule has 0 aliphatic rings. The summed E-state index contributed by atoms with van der Waals surface area (Å²) in [6.07, 6.45) is 7.02. The van der Waals surface area contributed by atoms with E-state index in [1.807, 2.05) is 0 Å². The normalized spacial score (nSPS) is 18.6. The van der Waals surface area contributed by atoms with Gasteiger partial charge in [-0.1, -0.05) is 81.1 Å². The van der Waals surface area contributed by atoms with Gasteiger partial charge in [0.25, 0.3) is 0 Å². The molecule has 0 heterocycles. The van der Waals surface area contributed by atoms with Crippen molar-refractivity contribution in [2.45, 2.75) is 87.5 Å². The number of hydrogen-bond acceptors (Lipinski definition) is 0. The van der Waals surface area contributed by atoms with Gasteiger partial charge in [0.05, 0.1) is 0 Å². The van der Waals surface area contributed by atoms with Crippen LogP contribution in [0.15, 0.2) is 0 Å². The van der Waals surface area contributed by atoms with Gasteiger partial charge in [-0.05, 0) is 41.9 Å². The molecule has 0 nitrogen and oxygen atoms in total. The molecule has 0 bridgehead atoms. The van der Waals surface area contributed by atoms with Crippen molar-refractivity contribution in [3.8, 4) is 0 Å². The molecular formula is C19H40. The van der Waals surface area contributed by atoms with E-state index >= 15 is 0 Å². The molecule has 0 saturated carbocycles. The van der Waals surface area contributed by atoms with E-state index in [1.54, 1.807) is 0 Å². The van der Waals surface area contributed by atoms with E-state index in [-0.39, 0.29) is 0 Å². The van der Waals surface area contributed by atoms with Crippen LogP contribution < -0.4 is 0 Å². The minimum Gasteiger partial charge on any atom is -0.0654 e. The first-order chi connectivity index (χ1) is 8.81. The lowest BCUT2D eigenvalue weighted by Gasteiger charge is -2.36. The van der Waals surface area contributed by atoms with Crippen LogP contribution in [0.3, 0.4) is 0 Å². The van der Waals surface area contributed by atoms with E-state index in [2.05, 4.69) is 55.4 Å². The first kappa shape index (κ1) is 19.0. The molecule has 0 aromatic rings. The van der Waals surface area contributed by atoms with Gasteiger partial charge in [0.1, 0.15) is 0 Å². The van der Waals surface area contributed by atoms with Gasteiger partial charge >= 0.3 is 0 Å². The third-order valence-electron chi connectivity index (χ3n) is 5.29. The van der Waals surface area contributed by atoms with Crippen LogP contribution in [0.2, 0.25) is 0 Å². The highest BCUT2D eigenvalue weighted by molar-refractivity contribution is 4.78. The molecule has 0 aliphatic carbocycles. The van der Waals surface area contributed by atoms with Crippen LogP contribution in [0.4, 0.5) is 0 Å². The maximum atomic E-state index is 2.51. The minimum absolute atomic E-state index is 0.813. The molecule has 0 spiro atoms. The number of unbranched alkanes of at least 4 members (excludes halogenated alkanes) is 2. The molecule has 0 amide bonds. The maximum Gasteiger partial charge on any atom is -0.0358 e. The summed E-state index contributed by atoms with van der Waals surface area (Å²) in [6.45, 7) is 19.3. The molecule has 0 radical (unpaired) electrons. The average Bonchev–Trinajstić information content (AvgIpc) is 2.33. The van der Waals surface area contributed by atoms with Gasteiger partial charge in [-0.2, -0.15) is 0 Å². The van der Waals surface area contributed by atoms with Crippen molar-refractivity contribution in [2.75, 3.05) is 0 Å². The predicted molar refractivity (Wildman–Crippen MR) is 89.4 cm³/mol. The molecule has 0 fully saturated rings. The van der Waals surface area contributed by atoms with Crippen molar-refractivity contribution in [1.29, 1.82) is 0 Å². The van der Waals surface area contributed by atoms with Crippen molar-refractivity contribution >= 4 is 0 Å². The van der Waals surface area contributed by atoms with E-state index in [9.17, 15) is 0 Å². The zero-order chi connectivity index (χ0) is 15.0. The Kier molecular flexibility index (Phi) is 9.83. The monoisotopic (exact) mass is 268 g/mol. The van der Waals surface area contributed by atoms with Crippen LogP contribution in [0, 0.1) is 35.5 Å². The van der Waals surface area contributed by atoms with Crippen molar-refractivity contribution < 1.29 is 0 Å². The minimum atomic E-state index is 0.813. The zero-order valence-corrected chi connectivity index (χ0v) is 15.0. The van der Waals surface area contributed by atoms with Gasteiger partial charge in [0.2, 0.25) is 0 Å². The smallest absolute Gasteiger partial charge is 0.0358 e. The van der Waals surface area contributed by atoms with Crippen molar-refractivity contribution in [3.05, 3.63) is 0 Å². The van der Waals surface area contributed by atoms with Crippen LogP contribution in [0.1, 0.15) is 87.5 Å². The summed E-state index contributed by atoms with van der Waals surface area (Å²) in [7, 11) is 0. The Morgan fingerprint density at radius 2 is 1.32 bits per heavy atom. The molecule has 0 N–H and O–H groups in total. The number of hydrogen-bond donors (Lipinski definition) is 0. The lowest BCUT2D eigenvalue weighted by molar-refractivity contribution is 0.132. The van der Waals surface area contributed by atoms with Crippen molar-refractivity contribution in [2.24, 2.45) is 35.5 Å². The van der Waals surface area contributed by atoms with Crippen LogP contribution in [0.25, 0.3) is 0 Å². The highest BCUT2D eigenvalue weighted by atomic mass is 14.3. The van der Waals surface area contributed by atoms with Crippen LogP contribution >= 0.6 is 0 Å². The molecule has 0 rings (SSSR count). The molecule has 0 aromatic carbocycles. The van der Waals surface area contributed by atoms with Crippen molar-refractivity contribution in [1.82, 2.24) is 0 Å². The van der Waals surface area contributed by atoms with Gasteiger partial charge < -0.3 is 0 Å². The zero-order valence-electron chi connectivity index (χ0n) is 15.0. The molecule has 0 aromatic heterocycles. The van der Waals surface area contributed by atoms with Crippen LogP contribution in [0.5, 0.6) is 0 Å². The molecule has 19 heavy (non-hydrogen) atoms. The van der Waals surface area contributed by atoms with Crippen LogP contribution in [-0.4, -0.2) is 0 Å². The Bertz CT molecular complexity index is 204. The first-order valence-electron chi connectivity index (χ1n) is 8.81. The van der Waals surface area contributed by atoms with E-state index in [1.165, 1.54) is 32.1 Å². The Hall–Kier alpha value is 0. The Morgan fingerprint density at radius 1 is 0.737 bits per heavy atom. The number of rotatable bonds is 10. The van der Waals surface area contributed by atoms with Gasteiger partial charge in [0, 0.05) is 0 Å². The Balaban J connectivity index is 4.59. The van der Waals surface area contributed by atoms with E-state index < -0.39 is 0 Å². The van der Waals surface area contributed by atoms with Crippen LogP contribution in [-0.2, 0) is 0 Å². The summed E-state index contributed by atoms with van der Waals surface area (Å²) < 4.78 is 0. The molecule has 0 saturated heterocycles. The third kappa shape index (κ3) is 7.37. The summed E-state index contributed by atoms with van der Waals surface area (Å²) in [4.78, 5) is 0. The molecular weight excluding hydrogens is 228 g/mol.